The van der Waals surface area contributed by atoms with Crippen molar-refractivity contribution < 1.29 is 19.4 Å². The van der Waals surface area contributed by atoms with Crippen molar-refractivity contribution in [2.24, 2.45) is 7.05 Å². The molecule has 6 heteroatoms. The molecule has 0 radical (unpaired) electrons. The molecule has 1 heterocycles. The summed E-state index contributed by atoms with van der Waals surface area (Å²) in [5.41, 5.74) is 2.02. The van der Waals surface area contributed by atoms with E-state index in [9.17, 15) is 4.79 Å². The summed E-state index contributed by atoms with van der Waals surface area (Å²) in [6.45, 7) is 2.06. The number of halogens is 1. The predicted molar refractivity (Wildman–Crippen MR) is 96.3 cm³/mol. The Kier molecular flexibility index (Phi) is 4.97. The average molecular weight is 360 g/mol. The second kappa shape index (κ2) is 7.17. The monoisotopic (exact) mass is 359 g/mol. The van der Waals surface area contributed by atoms with Gasteiger partial charge in [-0.3, -0.25) is 0 Å². The molecule has 0 fully saturated rings. The zero-order chi connectivity index (χ0) is 18.0. The van der Waals surface area contributed by atoms with Crippen LogP contribution in [0, 0.1) is 0 Å². The van der Waals surface area contributed by atoms with E-state index in [-0.39, 0.29) is 12.6 Å². The summed E-state index contributed by atoms with van der Waals surface area (Å²) in [6.07, 6.45) is 0. The van der Waals surface area contributed by atoms with E-state index in [0.29, 0.717) is 28.8 Å². The quantitative estimate of drug-likeness (QED) is 0.690. The molecule has 0 unspecified atom stereocenters. The highest BCUT2D eigenvalue weighted by molar-refractivity contribution is 6.35. The third-order valence-corrected chi connectivity index (χ3v) is 4.22. The van der Waals surface area contributed by atoms with Crippen molar-refractivity contribution >= 4 is 28.5 Å². The number of rotatable bonds is 5. The maximum absolute atomic E-state index is 12.0. The van der Waals surface area contributed by atoms with Crippen molar-refractivity contribution in [3.8, 4) is 11.5 Å². The first-order valence-corrected chi connectivity index (χ1v) is 8.25. The van der Waals surface area contributed by atoms with Gasteiger partial charge in [-0.2, -0.15) is 0 Å². The van der Waals surface area contributed by atoms with Crippen LogP contribution in [-0.2, 0) is 18.4 Å². The van der Waals surface area contributed by atoms with E-state index in [4.69, 9.17) is 26.2 Å². The number of hydrogen-bond acceptors (Lipinski definition) is 4. The molecule has 2 aromatic carbocycles. The molecule has 0 saturated heterocycles. The van der Waals surface area contributed by atoms with Crippen molar-refractivity contribution in [3.63, 3.8) is 0 Å². The number of aryl methyl sites for hydroxylation is 1. The highest BCUT2D eigenvalue weighted by Crippen LogP contribution is 2.33. The van der Waals surface area contributed by atoms with Gasteiger partial charge in [0.15, 0.2) is 0 Å². The smallest absolute Gasteiger partial charge is 0.354 e. The zero-order valence-corrected chi connectivity index (χ0v) is 14.7. The molecule has 5 nitrogen and oxygen atoms in total. The van der Waals surface area contributed by atoms with Gasteiger partial charge in [-0.1, -0.05) is 23.7 Å². The van der Waals surface area contributed by atoms with Crippen molar-refractivity contribution in [2.45, 2.75) is 13.5 Å². The minimum absolute atomic E-state index is 0.0158. The molecule has 0 bridgehead atoms. The van der Waals surface area contributed by atoms with Gasteiger partial charge in [-0.05, 0) is 30.7 Å². The van der Waals surface area contributed by atoms with Crippen LogP contribution >= 0.6 is 11.6 Å². The molecule has 3 aromatic rings. The van der Waals surface area contributed by atoms with Crippen LogP contribution in [-0.4, -0.2) is 22.2 Å². The zero-order valence-electron chi connectivity index (χ0n) is 14.0. The Morgan fingerprint density at radius 3 is 2.52 bits per heavy atom. The lowest BCUT2D eigenvalue weighted by Gasteiger charge is -2.09. The molecule has 0 amide bonds. The van der Waals surface area contributed by atoms with Crippen LogP contribution in [0.25, 0.3) is 10.9 Å². The van der Waals surface area contributed by atoms with Crippen LogP contribution in [0.4, 0.5) is 0 Å². The van der Waals surface area contributed by atoms with Crippen molar-refractivity contribution in [1.82, 2.24) is 4.57 Å². The first kappa shape index (κ1) is 17.3. The highest BCUT2D eigenvalue weighted by atomic mass is 35.5. The second-order valence-electron chi connectivity index (χ2n) is 5.55. The number of aliphatic hydroxyl groups excluding tert-OH is 1. The fraction of sp³-hybridized carbons (Fsp3) is 0.211. The average Bonchev–Trinajstić information content (AvgIpc) is 2.94. The van der Waals surface area contributed by atoms with Crippen LogP contribution in [0.5, 0.6) is 11.5 Å². The fourth-order valence-electron chi connectivity index (χ4n) is 2.62. The number of carbonyl (C=O) groups is 1. The minimum atomic E-state index is -0.390. The highest BCUT2D eigenvalue weighted by Gasteiger charge is 2.17. The third-order valence-electron chi connectivity index (χ3n) is 3.91. The molecule has 1 N–H and O–H groups in total. The Labute approximate surface area is 150 Å². The van der Waals surface area contributed by atoms with Gasteiger partial charge >= 0.3 is 5.97 Å². The first-order valence-electron chi connectivity index (χ1n) is 7.87. The number of hydrogen-bond donors (Lipinski definition) is 1. The molecule has 0 atom stereocenters. The van der Waals surface area contributed by atoms with Gasteiger partial charge in [0.25, 0.3) is 0 Å². The molecule has 0 aliphatic heterocycles. The number of carbonyl (C=O) groups excluding carboxylic acids is 1. The van der Waals surface area contributed by atoms with Crippen LogP contribution in [0.2, 0.25) is 5.02 Å². The van der Waals surface area contributed by atoms with E-state index in [0.717, 1.165) is 16.5 Å². The van der Waals surface area contributed by atoms with Crippen LogP contribution in [0.15, 0.2) is 42.5 Å². The molecule has 1 aromatic heterocycles. The molecule has 3 rings (SSSR count). The lowest BCUT2D eigenvalue weighted by Crippen LogP contribution is -2.09. The Balaban J connectivity index is 1.97. The lowest BCUT2D eigenvalue weighted by atomic mass is 10.2. The summed E-state index contributed by atoms with van der Waals surface area (Å²) in [4.78, 5) is 12.0. The molecular weight excluding hydrogens is 342 g/mol. The molecule has 0 saturated carbocycles. The van der Waals surface area contributed by atoms with Gasteiger partial charge in [-0.15, -0.1) is 0 Å². The number of fused-ring (bicyclic) bond motifs is 1. The number of esters is 1. The first-order chi connectivity index (χ1) is 12.0. The van der Waals surface area contributed by atoms with Crippen LogP contribution in [0.1, 0.15) is 23.0 Å². The predicted octanol–water partition coefficient (Wildman–Crippen LogP) is 4.29. The van der Waals surface area contributed by atoms with Gasteiger partial charge in [-0.25, -0.2) is 4.79 Å². The SMILES string of the molecule is CCOC(=O)c1cc2c(Cl)cc(Oc3ccc(CO)cc3)cc2n1C. The molecule has 130 valence electrons. The van der Waals surface area contributed by atoms with Gasteiger partial charge in [0.2, 0.25) is 0 Å². The summed E-state index contributed by atoms with van der Waals surface area (Å²) in [5.74, 6) is 0.803. The van der Waals surface area contributed by atoms with Crippen molar-refractivity contribution in [3.05, 3.63) is 58.7 Å². The Morgan fingerprint density at radius 1 is 1.16 bits per heavy atom. The van der Waals surface area contributed by atoms with E-state index >= 15 is 0 Å². The van der Waals surface area contributed by atoms with E-state index in [1.807, 2.05) is 6.07 Å². The Morgan fingerprint density at radius 2 is 1.88 bits per heavy atom. The fourth-order valence-corrected chi connectivity index (χ4v) is 2.88. The maximum atomic E-state index is 12.0. The molecule has 25 heavy (non-hydrogen) atoms. The van der Waals surface area contributed by atoms with Crippen molar-refractivity contribution in [1.29, 1.82) is 0 Å². The van der Waals surface area contributed by atoms with E-state index in [2.05, 4.69) is 0 Å². The number of nitrogens with zero attached hydrogens (tertiary/aromatic N) is 1. The minimum Gasteiger partial charge on any atom is -0.461 e. The summed E-state index contributed by atoms with van der Waals surface area (Å²) < 4.78 is 12.7. The second-order valence-corrected chi connectivity index (χ2v) is 5.96. The number of ether oxygens (including phenoxy) is 2. The Bertz CT molecular complexity index is 915. The molecule has 0 aliphatic rings. The summed E-state index contributed by atoms with van der Waals surface area (Å²) >= 11 is 6.36. The van der Waals surface area contributed by atoms with E-state index in [1.165, 1.54) is 0 Å². The van der Waals surface area contributed by atoms with Crippen LogP contribution < -0.4 is 4.74 Å². The topological polar surface area (TPSA) is 60.7 Å². The van der Waals surface area contributed by atoms with Crippen LogP contribution in [0.3, 0.4) is 0 Å². The van der Waals surface area contributed by atoms with E-state index < -0.39 is 0 Å². The standard InChI is InChI=1S/C19H18ClNO4/c1-3-24-19(23)18-10-15-16(20)8-14(9-17(15)21(18)2)25-13-6-4-12(11-22)5-7-13/h4-10,22H,3,11H2,1-2H3. The summed E-state index contributed by atoms with van der Waals surface area (Å²) in [7, 11) is 1.78. The van der Waals surface area contributed by atoms with E-state index in [1.54, 1.807) is 54.9 Å². The van der Waals surface area contributed by atoms with Gasteiger partial charge in [0.05, 0.1) is 23.8 Å². The molecular formula is C19H18ClNO4. The molecule has 0 spiro atoms. The van der Waals surface area contributed by atoms with Gasteiger partial charge in [0.1, 0.15) is 17.2 Å². The number of benzene rings is 2. The number of aliphatic hydroxyl groups is 1. The normalized spacial score (nSPS) is 10.9. The maximum Gasteiger partial charge on any atom is 0.354 e. The largest absolute Gasteiger partial charge is 0.461 e. The van der Waals surface area contributed by atoms with Gasteiger partial charge < -0.3 is 19.1 Å². The van der Waals surface area contributed by atoms with Crippen molar-refractivity contribution in [2.75, 3.05) is 6.61 Å². The number of aromatic nitrogens is 1. The van der Waals surface area contributed by atoms with Gasteiger partial charge in [0, 0.05) is 24.6 Å². The Hall–Kier alpha value is -2.50. The molecule has 0 aliphatic carbocycles. The summed E-state index contributed by atoms with van der Waals surface area (Å²) in [5, 5.41) is 10.3. The lowest BCUT2D eigenvalue weighted by molar-refractivity contribution is 0.0516. The third kappa shape index (κ3) is 3.48. The summed E-state index contributed by atoms with van der Waals surface area (Å²) in [6, 6.07) is 12.4.